The Hall–Kier alpha value is -1.06. The highest BCUT2D eigenvalue weighted by molar-refractivity contribution is 5.30. The van der Waals surface area contributed by atoms with E-state index >= 15 is 0 Å². The Labute approximate surface area is 123 Å². The van der Waals surface area contributed by atoms with Gasteiger partial charge in [0.15, 0.2) is 0 Å². The summed E-state index contributed by atoms with van der Waals surface area (Å²) in [6.45, 7) is 6.84. The monoisotopic (exact) mass is 276 g/mol. The number of rotatable bonds is 5. The van der Waals surface area contributed by atoms with Crippen LogP contribution in [-0.2, 0) is 0 Å². The van der Waals surface area contributed by atoms with Gasteiger partial charge in [0, 0.05) is 12.1 Å². The molecule has 1 heterocycles. The molecule has 2 atom stereocenters. The average molecular weight is 276 g/mol. The largest absolute Gasteiger partial charge is 0.497 e. The normalized spacial score (nSPS) is 20.6. The smallest absolute Gasteiger partial charge is 0.118 e. The first-order chi connectivity index (χ1) is 9.65. The summed E-state index contributed by atoms with van der Waals surface area (Å²) >= 11 is 0. The second-order valence-electron chi connectivity index (χ2n) is 6.01. The Balaban J connectivity index is 2.17. The van der Waals surface area contributed by atoms with Gasteiger partial charge in [-0.2, -0.15) is 0 Å². The summed E-state index contributed by atoms with van der Waals surface area (Å²) in [4.78, 5) is 2.57. The second-order valence-corrected chi connectivity index (χ2v) is 6.01. The second kappa shape index (κ2) is 7.09. The molecule has 20 heavy (non-hydrogen) atoms. The van der Waals surface area contributed by atoms with Crippen LogP contribution >= 0.6 is 0 Å². The Morgan fingerprint density at radius 1 is 1.25 bits per heavy atom. The molecular formula is C17H28N2O. The van der Waals surface area contributed by atoms with Crippen molar-refractivity contribution in [2.75, 3.05) is 20.2 Å². The van der Waals surface area contributed by atoms with Crippen molar-refractivity contribution in [3.05, 3.63) is 29.8 Å². The van der Waals surface area contributed by atoms with E-state index in [1.165, 1.54) is 18.4 Å². The van der Waals surface area contributed by atoms with E-state index in [1.807, 2.05) is 12.1 Å². The fraction of sp³-hybridized carbons (Fsp3) is 0.647. The number of hydrogen-bond acceptors (Lipinski definition) is 3. The van der Waals surface area contributed by atoms with Gasteiger partial charge in [0.25, 0.3) is 0 Å². The lowest BCUT2D eigenvalue weighted by Gasteiger charge is -2.39. The molecule has 0 aromatic heterocycles. The fourth-order valence-corrected chi connectivity index (χ4v) is 3.06. The van der Waals surface area contributed by atoms with Gasteiger partial charge in [0.1, 0.15) is 5.75 Å². The maximum atomic E-state index is 6.41. The molecule has 1 fully saturated rings. The molecular weight excluding hydrogens is 248 g/mol. The van der Waals surface area contributed by atoms with Crippen LogP contribution in [0.5, 0.6) is 5.75 Å². The van der Waals surface area contributed by atoms with E-state index in [0.717, 1.165) is 31.2 Å². The van der Waals surface area contributed by atoms with Crippen LogP contribution in [0.2, 0.25) is 0 Å². The quantitative estimate of drug-likeness (QED) is 0.897. The summed E-state index contributed by atoms with van der Waals surface area (Å²) < 4.78 is 5.25. The van der Waals surface area contributed by atoms with Gasteiger partial charge >= 0.3 is 0 Å². The molecule has 0 amide bonds. The maximum absolute atomic E-state index is 6.41. The maximum Gasteiger partial charge on any atom is 0.118 e. The molecule has 3 nitrogen and oxygen atoms in total. The zero-order valence-electron chi connectivity index (χ0n) is 13.0. The van der Waals surface area contributed by atoms with E-state index in [9.17, 15) is 0 Å². The minimum Gasteiger partial charge on any atom is -0.497 e. The zero-order valence-corrected chi connectivity index (χ0v) is 13.0. The number of likely N-dealkylation sites (tertiary alicyclic amines) is 1. The minimum atomic E-state index is 0.191. The zero-order chi connectivity index (χ0) is 14.5. The van der Waals surface area contributed by atoms with E-state index in [2.05, 4.69) is 30.9 Å². The predicted molar refractivity (Wildman–Crippen MR) is 84.0 cm³/mol. The van der Waals surface area contributed by atoms with E-state index in [1.54, 1.807) is 7.11 Å². The molecule has 1 aromatic carbocycles. The number of nitrogens with two attached hydrogens (primary N) is 1. The Bertz CT molecular complexity index is 396. The number of nitrogens with zero attached hydrogens (tertiary/aromatic N) is 1. The van der Waals surface area contributed by atoms with Crippen LogP contribution in [0.25, 0.3) is 0 Å². The van der Waals surface area contributed by atoms with Crippen LogP contribution in [0.15, 0.2) is 24.3 Å². The van der Waals surface area contributed by atoms with Crippen molar-refractivity contribution >= 4 is 0 Å². The minimum absolute atomic E-state index is 0.191. The average Bonchev–Trinajstić information content (AvgIpc) is 2.50. The first-order valence-electron chi connectivity index (χ1n) is 7.79. The third kappa shape index (κ3) is 3.53. The number of hydrogen-bond donors (Lipinski definition) is 1. The predicted octanol–water partition coefficient (Wildman–Crippen LogP) is 3.21. The first kappa shape index (κ1) is 15.3. The lowest BCUT2D eigenvalue weighted by Crippen LogP contribution is -2.44. The van der Waals surface area contributed by atoms with E-state index < -0.39 is 0 Å². The lowest BCUT2D eigenvalue weighted by molar-refractivity contribution is 0.119. The molecule has 0 radical (unpaired) electrons. The van der Waals surface area contributed by atoms with Gasteiger partial charge in [-0.25, -0.2) is 0 Å². The van der Waals surface area contributed by atoms with Gasteiger partial charge in [-0.15, -0.1) is 0 Å². The number of methoxy groups -OCH3 is 1. The van der Waals surface area contributed by atoms with Gasteiger partial charge in [0.05, 0.1) is 7.11 Å². The highest BCUT2D eigenvalue weighted by Gasteiger charge is 2.28. The summed E-state index contributed by atoms with van der Waals surface area (Å²) in [6, 6.07) is 8.93. The topological polar surface area (TPSA) is 38.5 Å². The van der Waals surface area contributed by atoms with Crippen LogP contribution in [0.1, 0.15) is 44.7 Å². The Morgan fingerprint density at radius 2 is 1.85 bits per heavy atom. The molecule has 1 aliphatic heterocycles. The highest BCUT2D eigenvalue weighted by atomic mass is 16.5. The number of piperidine rings is 1. The van der Waals surface area contributed by atoms with Crippen LogP contribution in [0.4, 0.5) is 0 Å². The van der Waals surface area contributed by atoms with Crippen LogP contribution in [0, 0.1) is 5.92 Å². The third-order valence-electron chi connectivity index (χ3n) is 4.55. The van der Waals surface area contributed by atoms with Gasteiger partial charge in [0.2, 0.25) is 0 Å². The van der Waals surface area contributed by atoms with Gasteiger partial charge in [-0.3, -0.25) is 4.90 Å². The molecule has 1 aliphatic rings. The molecule has 2 rings (SSSR count). The van der Waals surface area contributed by atoms with E-state index in [0.29, 0.717) is 6.04 Å². The molecule has 1 aromatic rings. The molecule has 0 bridgehead atoms. The number of ether oxygens (including phenoxy) is 1. The van der Waals surface area contributed by atoms with Crippen LogP contribution in [0.3, 0.4) is 0 Å². The molecule has 3 heteroatoms. The SMILES string of the molecule is CCC(N)C(c1ccc(OC)cc1)N1CCC(C)CC1. The Kier molecular flexibility index (Phi) is 5.44. The summed E-state index contributed by atoms with van der Waals surface area (Å²) in [6.07, 6.45) is 3.56. The van der Waals surface area contributed by atoms with Crippen molar-refractivity contribution in [3.8, 4) is 5.75 Å². The van der Waals surface area contributed by atoms with Gasteiger partial charge < -0.3 is 10.5 Å². The summed E-state index contributed by atoms with van der Waals surface area (Å²) in [5.41, 5.74) is 7.73. The van der Waals surface area contributed by atoms with Gasteiger partial charge in [-0.1, -0.05) is 26.0 Å². The first-order valence-corrected chi connectivity index (χ1v) is 7.79. The number of benzene rings is 1. The molecule has 0 saturated carbocycles. The molecule has 2 N–H and O–H groups in total. The molecule has 2 unspecified atom stereocenters. The summed E-state index contributed by atoms with van der Waals surface area (Å²) in [5, 5.41) is 0. The third-order valence-corrected chi connectivity index (χ3v) is 4.55. The van der Waals surface area contributed by atoms with Crippen molar-refractivity contribution in [1.29, 1.82) is 0 Å². The molecule has 1 saturated heterocycles. The van der Waals surface area contributed by atoms with E-state index in [-0.39, 0.29) is 6.04 Å². The standard InChI is InChI=1S/C17H28N2O/c1-4-16(18)17(19-11-9-13(2)10-12-19)14-5-7-15(20-3)8-6-14/h5-8,13,16-17H,4,9-12,18H2,1-3H3. The molecule has 112 valence electrons. The van der Waals surface area contributed by atoms with Crippen molar-refractivity contribution in [3.63, 3.8) is 0 Å². The molecule has 0 spiro atoms. The van der Waals surface area contributed by atoms with Crippen molar-refractivity contribution < 1.29 is 4.74 Å². The molecule has 0 aliphatic carbocycles. The van der Waals surface area contributed by atoms with Gasteiger partial charge in [-0.05, 0) is 56.0 Å². The van der Waals surface area contributed by atoms with Crippen molar-refractivity contribution in [1.82, 2.24) is 4.90 Å². The summed E-state index contributed by atoms with van der Waals surface area (Å²) in [7, 11) is 1.70. The Morgan fingerprint density at radius 3 is 2.35 bits per heavy atom. The fourth-order valence-electron chi connectivity index (χ4n) is 3.06. The lowest BCUT2D eigenvalue weighted by atomic mass is 9.91. The van der Waals surface area contributed by atoms with Crippen LogP contribution in [-0.4, -0.2) is 31.1 Å². The van der Waals surface area contributed by atoms with E-state index in [4.69, 9.17) is 10.5 Å². The van der Waals surface area contributed by atoms with Crippen molar-refractivity contribution in [2.45, 2.75) is 45.2 Å². The van der Waals surface area contributed by atoms with Crippen LogP contribution < -0.4 is 10.5 Å². The summed E-state index contributed by atoms with van der Waals surface area (Å²) in [5.74, 6) is 1.76. The highest BCUT2D eigenvalue weighted by Crippen LogP contribution is 2.30. The van der Waals surface area contributed by atoms with Crippen molar-refractivity contribution in [2.24, 2.45) is 11.7 Å².